The molecule has 0 saturated carbocycles. The highest BCUT2D eigenvalue weighted by Gasteiger charge is 2.29. The Morgan fingerprint density at radius 2 is 1.77 bits per heavy atom. The van der Waals surface area contributed by atoms with Gasteiger partial charge in [0.25, 0.3) is 0 Å². The molecule has 0 aliphatic rings. The molecule has 0 bridgehead atoms. The summed E-state index contributed by atoms with van der Waals surface area (Å²) in [6.45, 7) is 23.3. The average Bonchev–Trinajstić information content (AvgIpc) is 3.24. The number of aliphatic carboxylic acids is 1. The molecule has 0 saturated heterocycles. The van der Waals surface area contributed by atoms with Crippen LogP contribution in [-0.4, -0.2) is 23.9 Å². The van der Waals surface area contributed by atoms with E-state index in [-0.39, 0.29) is 17.8 Å². The van der Waals surface area contributed by atoms with E-state index in [4.69, 9.17) is 0 Å². The van der Waals surface area contributed by atoms with Crippen molar-refractivity contribution in [2.45, 2.75) is 115 Å². The van der Waals surface area contributed by atoms with Crippen molar-refractivity contribution in [2.24, 2.45) is 11.3 Å². The minimum absolute atomic E-state index is 0.0369. The maximum absolute atomic E-state index is 11.2. The molecule has 2 unspecified atom stereocenters. The van der Waals surface area contributed by atoms with Gasteiger partial charge in [0.15, 0.2) is 0 Å². The molecular formula is C30H55NO3S. The van der Waals surface area contributed by atoms with Gasteiger partial charge < -0.3 is 15.2 Å². The van der Waals surface area contributed by atoms with Crippen molar-refractivity contribution in [3.63, 3.8) is 0 Å². The topological polar surface area (TPSA) is 66.4 Å². The van der Waals surface area contributed by atoms with Crippen LogP contribution in [-0.2, 0) is 16.0 Å². The number of hydrogen-bond acceptors (Lipinski definition) is 4. The van der Waals surface area contributed by atoms with E-state index >= 15 is 0 Å². The molecule has 2 N–H and O–H groups in total. The first-order valence-corrected chi connectivity index (χ1v) is 14.3. The van der Waals surface area contributed by atoms with Crippen LogP contribution in [0, 0.1) is 18.3 Å². The lowest BCUT2D eigenvalue weighted by atomic mass is 9.75. The first-order valence-electron chi connectivity index (χ1n) is 13.5. The minimum Gasteiger partial charge on any atom is -0.481 e. The molecule has 5 heteroatoms. The first-order chi connectivity index (χ1) is 16.7. The molecule has 1 aromatic heterocycles. The number of nitrogens with one attached hydrogen (secondary N) is 1. The molecule has 1 rings (SSSR count). The number of rotatable bonds is 13. The second kappa shape index (κ2) is 23.8. The van der Waals surface area contributed by atoms with Gasteiger partial charge in [-0.25, -0.2) is 0 Å². The fraction of sp³-hybridized carbons (Fsp3) is 0.667. The van der Waals surface area contributed by atoms with Gasteiger partial charge in [-0.15, -0.1) is 11.3 Å². The normalized spacial score (nSPS) is 13.2. The lowest BCUT2D eigenvalue weighted by molar-refractivity contribution is -0.140. The van der Waals surface area contributed by atoms with Crippen LogP contribution in [0.15, 0.2) is 29.9 Å². The van der Waals surface area contributed by atoms with Crippen molar-refractivity contribution in [3.05, 3.63) is 40.3 Å². The van der Waals surface area contributed by atoms with E-state index in [1.807, 2.05) is 78.0 Å². The van der Waals surface area contributed by atoms with Gasteiger partial charge in [0.1, 0.15) is 6.29 Å². The van der Waals surface area contributed by atoms with Crippen LogP contribution in [0.2, 0.25) is 0 Å². The number of carboxylic acid groups (broad SMARTS) is 1. The number of aryl methyl sites for hydroxylation is 2. The second-order valence-electron chi connectivity index (χ2n) is 8.32. The highest BCUT2D eigenvalue weighted by Crippen LogP contribution is 2.36. The van der Waals surface area contributed by atoms with Gasteiger partial charge in [-0.05, 0) is 63.5 Å². The average molecular weight is 510 g/mol. The minimum atomic E-state index is -0.675. The maximum atomic E-state index is 11.2. The third-order valence-electron chi connectivity index (χ3n) is 5.65. The Balaban J connectivity index is -0.000000615. The monoisotopic (exact) mass is 509 g/mol. The Kier molecular flexibility index (Phi) is 25.7. The third kappa shape index (κ3) is 18.1. The quantitative estimate of drug-likeness (QED) is 0.205. The fourth-order valence-corrected chi connectivity index (χ4v) is 4.45. The standard InChI is InChI=1S/C17H29NO2S.C9H14O.2C2H6/c1-5-8-17(7-3,12-15(19)20)9-10-18-16-13(4)11-14(6-2)21-16;1-4-8(2)5-6-9(3)7-10;2*1-2/h11,18H,5-10,12H2,1-4H3,(H,19,20);4-7,9H,1-3H3;2*1-2H3/b;6-5-,8-4-;;. The van der Waals surface area contributed by atoms with E-state index in [2.05, 4.69) is 39.1 Å². The van der Waals surface area contributed by atoms with Gasteiger partial charge in [-0.2, -0.15) is 0 Å². The van der Waals surface area contributed by atoms with Crippen molar-refractivity contribution in [3.8, 4) is 0 Å². The smallest absolute Gasteiger partial charge is 0.303 e. The van der Waals surface area contributed by atoms with Crippen LogP contribution < -0.4 is 5.32 Å². The maximum Gasteiger partial charge on any atom is 0.303 e. The van der Waals surface area contributed by atoms with E-state index in [0.717, 1.165) is 44.9 Å². The summed E-state index contributed by atoms with van der Waals surface area (Å²) in [6, 6.07) is 2.24. The predicted molar refractivity (Wildman–Crippen MR) is 158 cm³/mol. The summed E-state index contributed by atoms with van der Waals surface area (Å²) in [5.74, 6) is -0.638. The molecule has 0 spiro atoms. The van der Waals surface area contributed by atoms with Crippen molar-refractivity contribution in [2.75, 3.05) is 11.9 Å². The Morgan fingerprint density at radius 1 is 1.17 bits per heavy atom. The number of carbonyl (C=O) groups excluding carboxylic acids is 1. The molecule has 0 aliphatic carbocycles. The molecule has 4 nitrogen and oxygen atoms in total. The largest absolute Gasteiger partial charge is 0.481 e. The predicted octanol–water partition coefficient (Wildman–Crippen LogP) is 9.49. The number of thiophene rings is 1. The van der Waals surface area contributed by atoms with E-state index in [9.17, 15) is 14.7 Å². The lowest BCUT2D eigenvalue weighted by Crippen LogP contribution is -2.26. The van der Waals surface area contributed by atoms with Crippen molar-refractivity contribution in [1.29, 1.82) is 0 Å². The summed E-state index contributed by atoms with van der Waals surface area (Å²) in [5, 5.41) is 13.9. The summed E-state index contributed by atoms with van der Waals surface area (Å²) in [5.41, 5.74) is 2.42. The molecule has 2 atom stereocenters. The van der Waals surface area contributed by atoms with Crippen LogP contribution in [0.25, 0.3) is 0 Å². The number of anilines is 1. The van der Waals surface area contributed by atoms with E-state index in [0.29, 0.717) is 0 Å². The number of aldehydes is 1. The van der Waals surface area contributed by atoms with E-state index < -0.39 is 5.97 Å². The molecule has 0 amide bonds. The summed E-state index contributed by atoms with van der Waals surface area (Å²) >= 11 is 1.82. The lowest BCUT2D eigenvalue weighted by Gasteiger charge is -2.31. The van der Waals surface area contributed by atoms with Gasteiger partial charge in [-0.3, -0.25) is 4.79 Å². The first kappa shape index (κ1) is 37.7. The number of allylic oxidation sites excluding steroid dienone is 4. The van der Waals surface area contributed by atoms with Crippen LogP contribution in [0.3, 0.4) is 0 Å². The van der Waals surface area contributed by atoms with Crippen LogP contribution in [0.1, 0.15) is 112 Å². The molecule has 0 aliphatic heterocycles. The van der Waals surface area contributed by atoms with Gasteiger partial charge >= 0.3 is 5.97 Å². The molecule has 0 radical (unpaired) electrons. The molecule has 35 heavy (non-hydrogen) atoms. The van der Waals surface area contributed by atoms with Gasteiger partial charge in [0.05, 0.1) is 11.4 Å². The number of carboxylic acids is 1. The Morgan fingerprint density at radius 3 is 2.17 bits per heavy atom. The molecule has 1 heterocycles. The molecule has 1 aromatic rings. The Bertz CT molecular complexity index is 721. The summed E-state index contributed by atoms with van der Waals surface area (Å²) in [6.07, 6.45) is 12.0. The SMILES string of the molecule is C/C=C(C)\C=C/C(C)C=O.CC.CC.CCCC(CC)(CCNc1sc(CC)cc1C)CC(=O)O. The van der Waals surface area contributed by atoms with Gasteiger partial charge in [0, 0.05) is 17.3 Å². The van der Waals surface area contributed by atoms with Gasteiger partial charge in [-0.1, -0.05) is 85.6 Å². The van der Waals surface area contributed by atoms with Crippen molar-refractivity contribution in [1.82, 2.24) is 0 Å². The summed E-state index contributed by atoms with van der Waals surface area (Å²) in [7, 11) is 0. The highest BCUT2D eigenvalue weighted by molar-refractivity contribution is 7.16. The number of carbonyl (C=O) groups is 2. The fourth-order valence-electron chi connectivity index (χ4n) is 3.42. The van der Waals surface area contributed by atoms with Gasteiger partial charge in [0.2, 0.25) is 0 Å². The van der Waals surface area contributed by atoms with Crippen molar-refractivity contribution < 1.29 is 14.7 Å². The summed E-state index contributed by atoms with van der Waals surface area (Å²) in [4.78, 5) is 22.7. The zero-order valence-corrected chi connectivity index (χ0v) is 25.4. The van der Waals surface area contributed by atoms with Crippen LogP contribution >= 0.6 is 11.3 Å². The van der Waals surface area contributed by atoms with Crippen LogP contribution in [0.5, 0.6) is 0 Å². The highest BCUT2D eigenvalue weighted by atomic mass is 32.1. The van der Waals surface area contributed by atoms with Crippen molar-refractivity contribution >= 4 is 28.6 Å². The third-order valence-corrected chi connectivity index (χ3v) is 6.99. The zero-order chi connectivity index (χ0) is 27.9. The van der Waals surface area contributed by atoms with E-state index in [1.165, 1.54) is 21.0 Å². The van der Waals surface area contributed by atoms with E-state index in [1.54, 1.807) is 0 Å². The summed E-state index contributed by atoms with van der Waals surface area (Å²) < 4.78 is 0. The Hall–Kier alpha value is -1.88. The van der Waals surface area contributed by atoms with Crippen LogP contribution in [0.4, 0.5) is 5.00 Å². The molecule has 0 fully saturated rings. The second-order valence-corrected chi connectivity index (χ2v) is 9.45. The Labute approximate surface area is 221 Å². The number of hydrogen-bond donors (Lipinski definition) is 2. The molecular weight excluding hydrogens is 454 g/mol. The zero-order valence-electron chi connectivity index (χ0n) is 24.6. The molecule has 0 aromatic carbocycles. The molecule has 204 valence electrons.